The summed E-state index contributed by atoms with van der Waals surface area (Å²) in [4.78, 5) is 28.9. The summed E-state index contributed by atoms with van der Waals surface area (Å²) in [6.45, 7) is 5.26. The van der Waals surface area contributed by atoms with Gasteiger partial charge in [0.1, 0.15) is 23.9 Å². The number of halogens is 2. The molecule has 0 spiro atoms. The molecular weight excluding hydrogens is 449 g/mol. The summed E-state index contributed by atoms with van der Waals surface area (Å²) in [5.74, 6) is 0.0582. The van der Waals surface area contributed by atoms with E-state index in [1.807, 2.05) is 13.8 Å². The van der Waals surface area contributed by atoms with Gasteiger partial charge >= 0.3 is 0 Å². The minimum Gasteiger partial charge on any atom is -0.489 e. The Morgan fingerprint density at radius 2 is 1.76 bits per heavy atom. The normalized spacial score (nSPS) is 13.8. The van der Waals surface area contributed by atoms with Crippen molar-refractivity contribution in [3.8, 4) is 5.75 Å². The van der Waals surface area contributed by atoms with Crippen LogP contribution in [0.2, 0.25) is 5.02 Å². The van der Waals surface area contributed by atoms with Crippen LogP contribution in [0.15, 0.2) is 47.0 Å². The zero-order valence-corrected chi connectivity index (χ0v) is 19.1. The van der Waals surface area contributed by atoms with Gasteiger partial charge in [0.15, 0.2) is 0 Å². The molecule has 4 rings (SSSR count). The Kier molecular flexibility index (Phi) is 6.65. The van der Waals surface area contributed by atoms with E-state index >= 15 is 0 Å². The number of carbonyl (C=O) groups excluding carboxylic acids is 2. The van der Waals surface area contributed by atoms with Crippen molar-refractivity contribution in [2.45, 2.75) is 20.5 Å². The third-order valence-corrected chi connectivity index (χ3v) is 5.89. The number of hydrogen-bond acceptors (Lipinski definition) is 5. The fourth-order valence-electron chi connectivity index (χ4n) is 3.71. The number of benzene rings is 2. The Balaban J connectivity index is 1.37. The highest BCUT2D eigenvalue weighted by Gasteiger charge is 2.27. The number of amides is 2. The van der Waals surface area contributed by atoms with Gasteiger partial charge in [-0.15, -0.1) is 0 Å². The summed E-state index contributed by atoms with van der Waals surface area (Å²) >= 11 is 5.90. The van der Waals surface area contributed by atoms with Crippen LogP contribution in [0.25, 0.3) is 0 Å². The van der Waals surface area contributed by atoms with Gasteiger partial charge in [0, 0.05) is 36.8 Å². The van der Waals surface area contributed by atoms with E-state index in [2.05, 4.69) is 5.16 Å². The molecule has 0 aliphatic carbocycles. The number of aromatic nitrogens is 1. The maximum absolute atomic E-state index is 14.0. The average molecular weight is 472 g/mol. The van der Waals surface area contributed by atoms with Gasteiger partial charge in [-0.1, -0.05) is 22.8 Å². The number of ether oxygens (including phenoxy) is 1. The average Bonchev–Trinajstić information content (AvgIpc) is 3.15. The number of piperazine rings is 1. The van der Waals surface area contributed by atoms with E-state index in [4.69, 9.17) is 20.9 Å². The van der Waals surface area contributed by atoms with Crippen LogP contribution in [-0.2, 0) is 6.61 Å². The Morgan fingerprint density at radius 1 is 1.06 bits per heavy atom. The molecule has 9 heteroatoms. The molecule has 7 nitrogen and oxygen atoms in total. The Morgan fingerprint density at radius 3 is 2.42 bits per heavy atom. The summed E-state index contributed by atoms with van der Waals surface area (Å²) in [5, 5.41) is 4.21. The maximum atomic E-state index is 14.0. The fourth-order valence-corrected chi connectivity index (χ4v) is 3.88. The van der Waals surface area contributed by atoms with Crippen molar-refractivity contribution in [2.75, 3.05) is 26.2 Å². The molecule has 0 unspecified atom stereocenters. The SMILES string of the molecule is Cc1noc(C)c1COc1cccc(C(=O)N2CCN(C(=O)c3cc(Cl)ccc3F)CC2)c1. The number of aryl methyl sites for hydroxylation is 2. The first-order chi connectivity index (χ1) is 15.8. The summed E-state index contributed by atoms with van der Waals surface area (Å²) in [6, 6.07) is 10.9. The molecule has 1 aliphatic heterocycles. The molecular formula is C24H23ClFN3O4. The Hall–Kier alpha value is -3.39. The monoisotopic (exact) mass is 471 g/mol. The van der Waals surface area contributed by atoms with Gasteiger partial charge in [0.25, 0.3) is 11.8 Å². The lowest BCUT2D eigenvalue weighted by atomic mass is 10.1. The summed E-state index contributed by atoms with van der Waals surface area (Å²) < 4.78 is 25.0. The molecule has 2 amide bonds. The highest BCUT2D eigenvalue weighted by molar-refractivity contribution is 6.31. The van der Waals surface area contributed by atoms with E-state index in [1.165, 1.54) is 23.1 Å². The second-order valence-corrected chi connectivity index (χ2v) is 8.26. The third-order valence-electron chi connectivity index (χ3n) is 5.66. The lowest BCUT2D eigenvalue weighted by molar-refractivity contribution is 0.0532. The fraction of sp³-hybridized carbons (Fsp3) is 0.292. The summed E-state index contributed by atoms with van der Waals surface area (Å²) in [6.07, 6.45) is 0. The molecule has 0 radical (unpaired) electrons. The zero-order chi connectivity index (χ0) is 23.5. The van der Waals surface area contributed by atoms with E-state index in [0.29, 0.717) is 54.9 Å². The first-order valence-corrected chi connectivity index (χ1v) is 10.9. The van der Waals surface area contributed by atoms with Gasteiger partial charge < -0.3 is 19.1 Å². The van der Waals surface area contributed by atoms with E-state index in [9.17, 15) is 14.0 Å². The van der Waals surface area contributed by atoms with Crippen molar-refractivity contribution < 1.29 is 23.2 Å². The van der Waals surface area contributed by atoms with Gasteiger partial charge in [0.05, 0.1) is 16.8 Å². The molecule has 1 fully saturated rings. The molecule has 0 saturated carbocycles. The highest BCUT2D eigenvalue weighted by Crippen LogP contribution is 2.21. The number of rotatable bonds is 5. The van der Waals surface area contributed by atoms with E-state index in [-0.39, 0.29) is 11.5 Å². The van der Waals surface area contributed by atoms with Gasteiger partial charge in [-0.2, -0.15) is 0 Å². The summed E-state index contributed by atoms with van der Waals surface area (Å²) in [5.41, 5.74) is 2.07. The standard InChI is InChI=1S/C24H23ClFN3O4/c1-15-21(16(2)33-27-15)14-32-19-5-3-4-17(12-19)23(30)28-8-10-29(11-9-28)24(31)20-13-18(25)6-7-22(20)26/h3-7,12-13H,8-11,14H2,1-2H3. The van der Waals surface area contributed by atoms with Crippen molar-refractivity contribution in [2.24, 2.45) is 0 Å². The third kappa shape index (κ3) is 5.01. The smallest absolute Gasteiger partial charge is 0.257 e. The lowest BCUT2D eigenvalue weighted by Crippen LogP contribution is -2.50. The molecule has 0 atom stereocenters. The maximum Gasteiger partial charge on any atom is 0.257 e. The van der Waals surface area contributed by atoms with E-state index in [1.54, 1.807) is 29.2 Å². The summed E-state index contributed by atoms with van der Waals surface area (Å²) in [7, 11) is 0. The largest absolute Gasteiger partial charge is 0.489 e. The Labute approximate surface area is 195 Å². The van der Waals surface area contributed by atoms with Crippen molar-refractivity contribution in [1.29, 1.82) is 0 Å². The van der Waals surface area contributed by atoms with Crippen molar-refractivity contribution in [3.05, 3.63) is 81.4 Å². The van der Waals surface area contributed by atoms with E-state index < -0.39 is 11.7 Å². The van der Waals surface area contributed by atoms with Crippen molar-refractivity contribution >= 4 is 23.4 Å². The predicted octanol–water partition coefficient (Wildman–Crippen LogP) is 4.26. The number of carbonyl (C=O) groups is 2. The minimum absolute atomic E-state index is 0.0644. The molecule has 1 saturated heterocycles. The number of nitrogens with zero attached hydrogens (tertiary/aromatic N) is 3. The highest BCUT2D eigenvalue weighted by atomic mass is 35.5. The van der Waals surface area contributed by atoms with Crippen molar-refractivity contribution in [1.82, 2.24) is 15.0 Å². The topological polar surface area (TPSA) is 75.9 Å². The second kappa shape index (κ2) is 9.62. The van der Waals surface area contributed by atoms with Crippen LogP contribution in [0.5, 0.6) is 5.75 Å². The predicted molar refractivity (Wildman–Crippen MR) is 120 cm³/mol. The van der Waals surface area contributed by atoms with Crippen molar-refractivity contribution in [3.63, 3.8) is 0 Å². The first-order valence-electron chi connectivity index (χ1n) is 10.5. The number of hydrogen-bond donors (Lipinski definition) is 0. The van der Waals surface area contributed by atoms with Crippen LogP contribution in [-0.4, -0.2) is 52.9 Å². The van der Waals surface area contributed by atoms with Gasteiger partial charge in [-0.3, -0.25) is 9.59 Å². The van der Waals surface area contributed by atoms with Gasteiger partial charge in [-0.25, -0.2) is 4.39 Å². The zero-order valence-electron chi connectivity index (χ0n) is 18.3. The molecule has 172 valence electrons. The first kappa shape index (κ1) is 22.8. The van der Waals surface area contributed by atoms with E-state index in [0.717, 1.165) is 11.3 Å². The van der Waals surface area contributed by atoms with Crippen LogP contribution in [0.1, 0.15) is 37.7 Å². The van der Waals surface area contributed by atoms with Crippen LogP contribution < -0.4 is 4.74 Å². The lowest BCUT2D eigenvalue weighted by Gasteiger charge is -2.35. The second-order valence-electron chi connectivity index (χ2n) is 7.83. The van der Waals surface area contributed by atoms with Gasteiger partial charge in [-0.05, 0) is 50.2 Å². The molecule has 0 N–H and O–H groups in total. The van der Waals surface area contributed by atoms with Gasteiger partial charge in [0.2, 0.25) is 0 Å². The molecule has 0 bridgehead atoms. The van der Waals surface area contributed by atoms with Crippen LogP contribution >= 0.6 is 11.6 Å². The van der Waals surface area contributed by atoms with Crippen LogP contribution in [0.3, 0.4) is 0 Å². The molecule has 2 aromatic carbocycles. The molecule has 2 heterocycles. The Bertz CT molecular complexity index is 1170. The molecule has 3 aromatic rings. The van der Waals surface area contributed by atoms with Crippen LogP contribution in [0, 0.1) is 19.7 Å². The quantitative estimate of drug-likeness (QED) is 0.555. The minimum atomic E-state index is -0.615. The molecule has 1 aromatic heterocycles. The molecule has 1 aliphatic rings. The molecule has 33 heavy (non-hydrogen) atoms. The van der Waals surface area contributed by atoms with Crippen LogP contribution in [0.4, 0.5) is 4.39 Å².